The molecule has 6 nitrogen and oxygen atoms in total. The zero-order valence-corrected chi connectivity index (χ0v) is 18.9. The molecule has 2 aromatic carbocycles. The number of carbonyl (C=O) groups excluding carboxylic acids is 2. The standard InChI is InChI=1S/C25H33N3O3/c1-25(2,26-23(29)15-10-19-8-6-5-7-9-19)24(30)28-17-16-27(3)22(18-28)20-11-13-21(31-4)14-12-20/h5-9,11-14,22H,10,15-18H2,1-4H3,(H,26,29). The summed E-state index contributed by atoms with van der Waals surface area (Å²) in [5.74, 6) is 0.657. The number of piperazine rings is 1. The number of nitrogens with one attached hydrogen (secondary N) is 1. The Morgan fingerprint density at radius 1 is 1.06 bits per heavy atom. The van der Waals surface area contributed by atoms with Crippen molar-refractivity contribution < 1.29 is 14.3 Å². The Morgan fingerprint density at radius 3 is 2.39 bits per heavy atom. The first-order valence-electron chi connectivity index (χ1n) is 10.8. The lowest BCUT2D eigenvalue weighted by Gasteiger charge is -2.42. The molecule has 1 unspecified atom stereocenters. The van der Waals surface area contributed by atoms with Crippen LogP contribution < -0.4 is 10.1 Å². The van der Waals surface area contributed by atoms with E-state index in [1.165, 1.54) is 0 Å². The maximum absolute atomic E-state index is 13.3. The molecule has 1 aliphatic rings. The van der Waals surface area contributed by atoms with Gasteiger partial charge in [-0.2, -0.15) is 0 Å². The monoisotopic (exact) mass is 423 g/mol. The maximum Gasteiger partial charge on any atom is 0.247 e. The number of likely N-dealkylation sites (N-methyl/N-ethyl adjacent to an activating group) is 1. The molecule has 0 radical (unpaired) electrons. The third kappa shape index (κ3) is 5.85. The molecule has 1 heterocycles. The maximum atomic E-state index is 13.3. The summed E-state index contributed by atoms with van der Waals surface area (Å²) < 4.78 is 5.25. The average molecular weight is 424 g/mol. The van der Waals surface area contributed by atoms with Crippen LogP contribution in [0, 0.1) is 0 Å². The van der Waals surface area contributed by atoms with Gasteiger partial charge in [0, 0.05) is 26.1 Å². The van der Waals surface area contributed by atoms with Crippen molar-refractivity contribution in [2.24, 2.45) is 0 Å². The van der Waals surface area contributed by atoms with Crippen LogP contribution in [-0.2, 0) is 16.0 Å². The van der Waals surface area contributed by atoms with Gasteiger partial charge in [0.15, 0.2) is 0 Å². The van der Waals surface area contributed by atoms with E-state index >= 15 is 0 Å². The topological polar surface area (TPSA) is 61.9 Å². The van der Waals surface area contributed by atoms with E-state index in [2.05, 4.69) is 17.3 Å². The number of amides is 2. The molecule has 1 aliphatic heterocycles. The van der Waals surface area contributed by atoms with Crippen molar-refractivity contribution in [1.82, 2.24) is 15.1 Å². The molecule has 0 spiro atoms. The lowest BCUT2D eigenvalue weighted by atomic mass is 9.98. The van der Waals surface area contributed by atoms with E-state index in [9.17, 15) is 9.59 Å². The molecule has 6 heteroatoms. The zero-order valence-electron chi connectivity index (χ0n) is 18.9. The third-order valence-corrected chi connectivity index (χ3v) is 5.91. The van der Waals surface area contributed by atoms with Crippen LogP contribution in [0.5, 0.6) is 5.75 Å². The van der Waals surface area contributed by atoms with Crippen molar-refractivity contribution in [3.8, 4) is 5.75 Å². The summed E-state index contributed by atoms with van der Waals surface area (Å²) in [6.45, 7) is 5.59. The van der Waals surface area contributed by atoms with Gasteiger partial charge in [0.1, 0.15) is 11.3 Å². The van der Waals surface area contributed by atoms with Crippen LogP contribution >= 0.6 is 0 Å². The second-order valence-corrected chi connectivity index (χ2v) is 8.68. The number of benzene rings is 2. The number of aryl methyl sites for hydroxylation is 1. The van der Waals surface area contributed by atoms with Gasteiger partial charge in [0.25, 0.3) is 0 Å². The molecule has 1 saturated heterocycles. The molecule has 1 N–H and O–H groups in total. The molecule has 166 valence electrons. The van der Waals surface area contributed by atoms with E-state index in [0.29, 0.717) is 25.9 Å². The lowest BCUT2D eigenvalue weighted by molar-refractivity contribution is -0.142. The number of hydrogen-bond acceptors (Lipinski definition) is 4. The average Bonchev–Trinajstić information content (AvgIpc) is 2.78. The van der Waals surface area contributed by atoms with Crippen molar-refractivity contribution in [1.29, 1.82) is 0 Å². The van der Waals surface area contributed by atoms with E-state index < -0.39 is 5.54 Å². The number of nitrogens with zero attached hydrogens (tertiary/aromatic N) is 2. The van der Waals surface area contributed by atoms with Gasteiger partial charge in [-0.25, -0.2) is 0 Å². The Morgan fingerprint density at radius 2 is 1.74 bits per heavy atom. The summed E-state index contributed by atoms with van der Waals surface area (Å²) in [5.41, 5.74) is 1.31. The van der Waals surface area contributed by atoms with Crippen LogP contribution in [0.3, 0.4) is 0 Å². The van der Waals surface area contributed by atoms with Gasteiger partial charge in [0.2, 0.25) is 11.8 Å². The Labute approximate surface area is 185 Å². The SMILES string of the molecule is COc1ccc(C2CN(C(=O)C(C)(C)NC(=O)CCc3ccccc3)CCN2C)cc1. The van der Waals surface area contributed by atoms with Gasteiger partial charge in [-0.05, 0) is 50.6 Å². The van der Waals surface area contributed by atoms with Crippen LogP contribution in [0.15, 0.2) is 54.6 Å². The minimum absolute atomic E-state index is 0.0489. The molecular weight excluding hydrogens is 390 g/mol. The van der Waals surface area contributed by atoms with Crippen molar-refractivity contribution in [3.63, 3.8) is 0 Å². The summed E-state index contributed by atoms with van der Waals surface area (Å²) in [5, 5.41) is 2.94. The first kappa shape index (κ1) is 22.8. The van der Waals surface area contributed by atoms with Crippen LogP contribution in [-0.4, -0.2) is 60.9 Å². The molecule has 31 heavy (non-hydrogen) atoms. The van der Waals surface area contributed by atoms with Gasteiger partial charge < -0.3 is 15.0 Å². The van der Waals surface area contributed by atoms with Gasteiger partial charge >= 0.3 is 0 Å². The van der Waals surface area contributed by atoms with Crippen LogP contribution in [0.1, 0.15) is 37.4 Å². The quantitative estimate of drug-likeness (QED) is 0.744. The van der Waals surface area contributed by atoms with E-state index in [-0.39, 0.29) is 17.9 Å². The predicted molar refractivity (Wildman–Crippen MR) is 122 cm³/mol. The molecule has 2 aromatic rings. The van der Waals surface area contributed by atoms with Crippen molar-refractivity contribution in [2.75, 3.05) is 33.8 Å². The smallest absolute Gasteiger partial charge is 0.247 e. The summed E-state index contributed by atoms with van der Waals surface area (Å²) in [7, 11) is 3.73. The molecule has 0 aromatic heterocycles. The number of methoxy groups -OCH3 is 1. The summed E-state index contributed by atoms with van der Waals surface area (Å²) in [6.07, 6.45) is 1.02. The summed E-state index contributed by atoms with van der Waals surface area (Å²) >= 11 is 0. The Hall–Kier alpha value is -2.86. The highest BCUT2D eigenvalue weighted by atomic mass is 16.5. The minimum Gasteiger partial charge on any atom is -0.497 e. The molecule has 0 bridgehead atoms. The lowest BCUT2D eigenvalue weighted by Crippen LogP contribution is -2.59. The number of carbonyl (C=O) groups is 2. The van der Waals surface area contributed by atoms with Gasteiger partial charge in [-0.3, -0.25) is 14.5 Å². The fourth-order valence-electron chi connectivity index (χ4n) is 4.01. The fraction of sp³-hybridized carbons (Fsp3) is 0.440. The van der Waals surface area contributed by atoms with E-state index in [1.807, 2.05) is 59.5 Å². The highest BCUT2D eigenvalue weighted by molar-refractivity contribution is 5.91. The normalized spacial score (nSPS) is 17.3. The molecule has 1 fully saturated rings. The van der Waals surface area contributed by atoms with Gasteiger partial charge in [-0.1, -0.05) is 42.5 Å². The molecule has 3 rings (SSSR count). The van der Waals surface area contributed by atoms with Crippen LogP contribution in [0.2, 0.25) is 0 Å². The van der Waals surface area contributed by atoms with Crippen molar-refractivity contribution >= 4 is 11.8 Å². The Balaban J connectivity index is 1.60. The minimum atomic E-state index is -0.950. The Kier molecular flexibility index (Phi) is 7.33. The molecule has 1 atom stereocenters. The van der Waals surface area contributed by atoms with Gasteiger partial charge in [-0.15, -0.1) is 0 Å². The molecular formula is C25H33N3O3. The second kappa shape index (κ2) is 9.96. The molecule has 2 amide bonds. The van der Waals surface area contributed by atoms with Crippen molar-refractivity contribution in [2.45, 2.75) is 38.3 Å². The third-order valence-electron chi connectivity index (χ3n) is 5.91. The van der Waals surface area contributed by atoms with E-state index in [4.69, 9.17) is 4.74 Å². The van der Waals surface area contributed by atoms with E-state index in [1.54, 1.807) is 21.0 Å². The predicted octanol–water partition coefficient (Wildman–Crippen LogP) is 3.04. The molecule has 0 saturated carbocycles. The Bertz CT molecular complexity index is 881. The first-order chi connectivity index (χ1) is 14.8. The highest BCUT2D eigenvalue weighted by Crippen LogP contribution is 2.27. The van der Waals surface area contributed by atoms with Crippen molar-refractivity contribution in [3.05, 3.63) is 65.7 Å². The number of ether oxygens (including phenoxy) is 1. The van der Waals surface area contributed by atoms with Crippen LogP contribution in [0.25, 0.3) is 0 Å². The number of hydrogen-bond donors (Lipinski definition) is 1. The largest absolute Gasteiger partial charge is 0.497 e. The van der Waals surface area contributed by atoms with E-state index in [0.717, 1.165) is 23.4 Å². The van der Waals surface area contributed by atoms with Gasteiger partial charge in [0.05, 0.1) is 13.2 Å². The second-order valence-electron chi connectivity index (χ2n) is 8.68. The fourth-order valence-corrected chi connectivity index (χ4v) is 4.01. The molecule has 0 aliphatic carbocycles. The number of rotatable bonds is 7. The first-order valence-corrected chi connectivity index (χ1v) is 10.8. The van der Waals surface area contributed by atoms with Crippen LogP contribution in [0.4, 0.5) is 0 Å². The summed E-state index contributed by atoms with van der Waals surface area (Å²) in [4.78, 5) is 29.9. The highest BCUT2D eigenvalue weighted by Gasteiger charge is 2.37. The summed E-state index contributed by atoms with van der Waals surface area (Å²) in [6, 6.07) is 18.0. The zero-order chi connectivity index (χ0) is 22.4.